The van der Waals surface area contributed by atoms with Crippen LogP contribution in [0.25, 0.3) is 0 Å². The van der Waals surface area contributed by atoms with Gasteiger partial charge in [0, 0.05) is 5.56 Å². The van der Waals surface area contributed by atoms with E-state index < -0.39 is 0 Å². The van der Waals surface area contributed by atoms with Crippen molar-refractivity contribution in [3.63, 3.8) is 0 Å². The van der Waals surface area contributed by atoms with Crippen molar-refractivity contribution in [3.8, 4) is 5.75 Å². The maximum atomic E-state index is 11.9. The third-order valence-corrected chi connectivity index (χ3v) is 2.58. The molecule has 2 aromatic carbocycles. The number of nitrogen functional groups attached to an aromatic ring is 1. The van der Waals surface area contributed by atoms with Crippen LogP contribution >= 0.6 is 0 Å². The third kappa shape index (κ3) is 2.60. The number of nitrogens with two attached hydrogens (primary N) is 1. The number of hydrogen-bond donors (Lipinski definition) is 3. The molecule has 1 amide bonds. The Morgan fingerprint density at radius 1 is 1.17 bits per heavy atom. The van der Waals surface area contributed by atoms with Crippen LogP contribution in [-0.4, -0.2) is 11.0 Å². The van der Waals surface area contributed by atoms with E-state index in [0.29, 0.717) is 16.9 Å². The minimum absolute atomic E-state index is 0.126. The van der Waals surface area contributed by atoms with Gasteiger partial charge in [-0.25, -0.2) is 0 Å². The van der Waals surface area contributed by atoms with Gasteiger partial charge in [-0.05, 0) is 48.9 Å². The van der Waals surface area contributed by atoms with Gasteiger partial charge in [-0.1, -0.05) is 6.07 Å². The molecule has 2 rings (SSSR count). The van der Waals surface area contributed by atoms with Crippen LogP contribution in [0.2, 0.25) is 0 Å². The Labute approximate surface area is 105 Å². The molecular weight excluding hydrogens is 228 g/mol. The summed E-state index contributed by atoms with van der Waals surface area (Å²) >= 11 is 0. The molecule has 92 valence electrons. The summed E-state index contributed by atoms with van der Waals surface area (Å²) in [6, 6.07) is 11.5. The second-order valence-electron chi connectivity index (χ2n) is 4.09. The van der Waals surface area contributed by atoms with Crippen molar-refractivity contribution in [1.82, 2.24) is 0 Å². The predicted octanol–water partition coefficient (Wildman–Crippen LogP) is 2.54. The molecular formula is C14H14N2O2. The zero-order chi connectivity index (χ0) is 13.1. The lowest BCUT2D eigenvalue weighted by atomic mass is 10.1. The molecule has 2 aromatic rings. The average Bonchev–Trinajstić information content (AvgIpc) is 2.33. The SMILES string of the molecule is Cc1ccc(NC(=O)c2ccc(O)cc2)c(N)c1. The molecule has 4 N–H and O–H groups in total. The third-order valence-electron chi connectivity index (χ3n) is 2.58. The van der Waals surface area contributed by atoms with Crippen molar-refractivity contribution < 1.29 is 9.90 Å². The number of phenolic OH excluding ortho intramolecular Hbond substituents is 1. The number of phenols is 1. The zero-order valence-electron chi connectivity index (χ0n) is 9.97. The number of carbonyl (C=O) groups excluding carboxylic acids is 1. The van der Waals surface area contributed by atoms with Crippen molar-refractivity contribution in [1.29, 1.82) is 0 Å². The van der Waals surface area contributed by atoms with E-state index in [1.165, 1.54) is 12.1 Å². The number of anilines is 2. The Bertz CT molecular complexity index is 577. The van der Waals surface area contributed by atoms with E-state index in [-0.39, 0.29) is 11.7 Å². The van der Waals surface area contributed by atoms with E-state index in [1.807, 2.05) is 13.0 Å². The van der Waals surface area contributed by atoms with E-state index >= 15 is 0 Å². The predicted molar refractivity (Wildman–Crippen MR) is 71.7 cm³/mol. The normalized spacial score (nSPS) is 10.1. The fourth-order valence-corrected chi connectivity index (χ4v) is 1.60. The molecule has 0 radical (unpaired) electrons. The Kier molecular flexibility index (Phi) is 3.19. The standard InChI is InChI=1S/C14H14N2O2/c1-9-2-7-13(12(15)8-9)16-14(18)10-3-5-11(17)6-4-10/h2-8,17H,15H2,1H3,(H,16,18). The maximum Gasteiger partial charge on any atom is 0.255 e. The van der Waals surface area contributed by atoms with Crippen LogP contribution in [0.15, 0.2) is 42.5 Å². The van der Waals surface area contributed by atoms with Crippen LogP contribution in [0.1, 0.15) is 15.9 Å². The van der Waals surface area contributed by atoms with E-state index in [0.717, 1.165) is 5.56 Å². The first-order chi connectivity index (χ1) is 8.56. The highest BCUT2D eigenvalue weighted by atomic mass is 16.3. The second-order valence-corrected chi connectivity index (χ2v) is 4.09. The van der Waals surface area contributed by atoms with Gasteiger partial charge in [-0.2, -0.15) is 0 Å². The van der Waals surface area contributed by atoms with Crippen LogP contribution in [0.3, 0.4) is 0 Å². The molecule has 0 atom stereocenters. The monoisotopic (exact) mass is 242 g/mol. The van der Waals surface area contributed by atoms with Crippen molar-refractivity contribution in [2.75, 3.05) is 11.1 Å². The zero-order valence-corrected chi connectivity index (χ0v) is 9.97. The van der Waals surface area contributed by atoms with Crippen molar-refractivity contribution in [3.05, 3.63) is 53.6 Å². The number of rotatable bonds is 2. The van der Waals surface area contributed by atoms with E-state index in [9.17, 15) is 4.79 Å². The van der Waals surface area contributed by atoms with Crippen molar-refractivity contribution >= 4 is 17.3 Å². The summed E-state index contributed by atoms with van der Waals surface area (Å²) in [6.07, 6.45) is 0. The quantitative estimate of drug-likeness (QED) is 0.708. The van der Waals surface area contributed by atoms with Gasteiger partial charge >= 0.3 is 0 Å². The Morgan fingerprint density at radius 3 is 2.44 bits per heavy atom. The number of carbonyl (C=O) groups is 1. The first-order valence-electron chi connectivity index (χ1n) is 5.53. The molecule has 0 aliphatic rings. The molecule has 0 unspecified atom stereocenters. The summed E-state index contributed by atoms with van der Waals surface area (Å²) in [4.78, 5) is 11.9. The maximum absolute atomic E-state index is 11.9. The number of benzene rings is 2. The highest BCUT2D eigenvalue weighted by Crippen LogP contribution is 2.20. The van der Waals surface area contributed by atoms with Crippen molar-refractivity contribution in [2.24, 2.45) is 0 Å². The lowest BCUT2D eigenvalue weighted by Gasteiger charge is -2.08. The van der Waals surface area contributed by atoms with Crippen molar-refractivity contribution in [2.45, 2.75) is 6.92 Å². The molecule has 0 fully saturated rings. The van der Waals surface area contributed by atoms with Gasteiger partial charge < -0.3 is 16.2 Å². The Hall–Kier alpha value is -2.49. The molecule has 0 heterocycles. The molecule has 0 saturated carbocycles. The number of aryl methyl sites for hydroxylation is 1. The molecule has 0 saturated heterocycles. The lowest BCUT2D eigenvalue weighted by Crippen LogP contribution is -2.13. The fourth-order valence-electron chi connectivity index (χ4n) is 1.60. The molecule has 4 heteroatoms. The fraction of sp³-hybridized carbons (Fsp3) is 0.0714. The van der Waals surface area contributed by atoms with Gasteiger partial charge in [0.25, 0.3) is 5.91 Å². The van der Waals surface area contributed by atoms with Crippen LogP contribution in [0.5, 0.6) is 5.75 Å². The molecule has 0 spiro atoms. The first kappa shape index (κ1) is 12.0. The summed E-state index contributed by atoms with van der Waals surface area (Å²) in [5, 5.41) is 11.9. The summed E-state index contributed by atoms with van der Waals surface area (Å²) in [5.41, 5.74) is 8.43. The van der Waals surface area contributed by atoms with Crippen LogP contribution in [-0.2, 0) is 0 Å². The summed E-state index contributed by atoms with van der Waals surface area (Å²) in [6.45, 7) is 1.93. The van der Waals surface area contributed by atoms with Gasteiger partial charge in [0.1, 0.15) is 5.75 Å². The number of amides is 1. The number of hydrogen-bond acceptors (Lipinski definition) is 3. The summed E-state index contributed by atoms with van der Waals surface area (Å²) < 4.78 is 0. The van der Waals surface area contributed by atoms with Gasteiger partial charge in [0.05, 0.1) is 11.4 Å². The highest BCUT2D eigenvalue weighted by Gasteiger charge is 2.07. The minimum atomic E-state index is -0.259. The molecule has 18 heavy (non-hydrogen) atoms. The molecule has 4 nitrogen and oxygen atoms in total. The molecule has 0 bridgehead atoms. The Balaban J connectivity index is 2.18. The van der Waals surface area contributed by atoms with Gasteiger partial charge in [0.2, 0.25) is 0 Å². The Morgan fingerprint density at radius 2 is 1.83 bits per heavy atom. The minimum Gasteiger partial charge on any atom is -0.508 e. The molecule has 0 aliphatic carbocycles. The summed E-state index contributed by atoms with van der Waals surface area (Å²) in [5.74, 6) is -0.132. The van der Waals surface area contributed by atoms with Crippen LogP contribution in [0, 0.1) is 6.92 Å². The number of aromatic hydroxyl groups is 1. The van der Waals surface area contributed by atoms with E-state index in [2.05, 4.69) is 5.32 Å². The van der Waals surface area contributed by atoms with Gasteiger partial charge in [-0.3, -0.25) is 4.79 Å². The van der Waals surface area contributed by atoms with E-state index in [1.54, 1.807) is 24.3 Å². The lowest BCUT2D eigenvalue weighted by molar-refractivity contribution is 0.102. The largest absolute Gasteiger partial charge is 0.508 e. The van der Waals surface area contributed by atoms with Gasteiger partial charge in [-0.15, -0.1) is 0 Å². The van der Waals surface area contributed by atoms with Gasteiger partial charge in [0.15, 0.2) is 0 Å². The number of nitrogens with one attached hydrogen (secondary N) is 1. The van der Waals surface area contributed by atoms with Crippen LogP contribution < -0.4 is 11.1 Å². The topological polar surface area (TPSA) is 75.3 Å². The summed E-state index contributed by atoms with van der Waals surface area (Å²) in [7, 11) is 0. The second kappa shape index (κ2) is 4.79. The first-order valence-corrected chi connectivity index (χ1v) is 5.53. The highest BCUT2D eigenvalue weighted by molar-refractivity contribution is 6.05. The van der Waals surface area contributed by atoms with Crippen LogP contribution in [0.4, 0.5) is 11.4 Å². The smallest absolute Gasteiger partial charge is 0.255 e. The average molecular weight is 242 g/mol. The molecule has 0 aromatic heterocycles. The van der Waals surface area contributed by atoms with E-state index in [4.69, 9.17) is 10.8 Å². The molecule has 0 aliphatic heterocycles.